The Morgan fingerprint density at radius 1 is 1.05 bits per heavy atom. The van der Waals surface area contributed by atoms with Crippen LogP contribution in [-0.2, 0) is 11.2 Å². The highest BCUT2D eigenvalue weighted by Gasteiger charge is 2.34. The van der Waals surface area contributed by atoms with Gasteiger partial charge in [-0.15, -0.1) is 0 Å². The lowest BCUT2D eigenvalue weighted by Gasteiger charge is -2.25. The van der Waals surface area contributed by atoms with Crippen molar-refractivity contribution in [2.45, 2.75) is 52.2 Å². The molecular formula is C29H33N5O3. The maximum absolute atomic E-state index is 12.7. The number of benzene rings is 2. The Labute approximate surface area is 217 Å². The van der Waals surface area contributed by atoms with Gasteiger partial charge >= 0.3 is 6.09 Å². The van der Waals surface area contributed by atoms with Gasteiger partial charge in [0.2, 0.25) is 0 Å². The Morgan fingerprint density at radius 3 is 2.43 bits per heavy atom. The van der Waals surface area contributed by atoms with Crippen LogP contribution in [0.5, 0.6) is 11.5 Å². The van der Waals surface area contributed by atoms with Crippen molar-refractivity contribution in [2.75, 3.05) is 18.8 Å². The first-order chi connectivity index (χ1) is 17.7. The van der Waals surface area contributed by atoms with Crippen molar-refractivity contribution in [3.8, 4) is 22.6 Å². The molecule has 2 aromatic heterocycles. The maximum atomic E-state index is 12.7. The van der Waals surface area contributed by atoms with Gasteiger partial charge in [-0.05, 0) is 63.4 Å². The van der Waals surface area contributed by atoms with Crippen LogP contribution in [0.1, 0.15) is 45.9 Å². The molecule has 1 saturated heterocycles. The lowest BCUT2D eigenvalue weighted by atomic mass is 10.0. The normalized spacial score (nSPS) is 15.8. The molecule has 1 aliphatic heterocycles. The molecule has 192 valence electrons. The van der Waals surface area contributed by atoms with E-state index in [2.05, 4.69) is 21.5 Å². The van der Waals surface area contributed by atoms with Crippen molar-refractivity contribution in [1.29, 1.82) is 0 Å². The van der Waals surface area contributed by atoms with Crippen LogP contribution in [0.3, 0.4) is 0 Å². The molecule has 2 aromatic carbocycles. The molecule has 37 heavy (non-hydrogen) atoms. The number of ether oxygens (including phenoxy) is 2. The number of fused-ring (bicyclic) bond motifs is 1. The van der Waals surface area contributed by atoms with E-state index in [1.807, 2.05) is 75.4 Å². The number of rotatable bonds is 5. The minimum absolute atomic E-state index is 0.0636. The Balaban J connectivity index is 1.52. The second-order valence-corrected chi connectivity index (χ2v) is 10.3. The molecule has 5 rings (SSSR count). The van der Waals surface area contributed by atoms with Gasteiger partial charge in [0, 0.05) is 24.3 Å². The predicted molar refractivity (Wildman–Crippen MR) is 145 cm³/mol. The van der Waals surface area contributed by atoms with Crippen molar-refractivity contribution < 1.29 is 14.3 Å². The first-order valence-corrected chi connectivity index (χ1v) is 12.7. The van der Waals surface area contributed by atoms with Crippen molar-refractivity contribution >= 4 is 22.9 Å². The average molecular weight is 500 g/mol. The third-order valence-corrected chi connectivity index (χ3v) is 6.55. The summed E-state index contributed by atoms with van der Waals surface area (Å²) < 4.78 is 13.9. The van der Waals surface area contributed by atoms with Gasteiger partial charge in [0.25, 0.3) is 0 Å². The van der Waals surface area contributed by atoms with Crippen LogP contribution in [0.25, 0.3) is 22.2 Å². The Morgan fingerprint density at radius 2 is 1.76 bits per heavy atom. The first-order valence-electron chi connectivity index (χ1n) is 12.7. The fourth-order valence-corrected chi connectivity index (χ4v) is 5.02. The van der Waals surface area contributed by atoms with Crippen molar-refractivity contribution in [3.05, 3.63) is 66.6 Å². The summed E-state index contributed by atoms with van der Waals surface area (Å²) in [5.41, 5.74) is 9.86. The molecule has 0 radical (unpaired) electrons. The van der Waals surface area contributed by atoms with Gasteiger partial charge in [-0.1, -0.05) is 37.3 Å². The fourth-order valence-electron chi connectivity index (χ4n) is 5.02. The standard InChI is InChI=1S/C29H33N5O3/c1-5-23-24(19-11-13-22(14-12-19)36-21-9-7-6-8-10-21)25-26(30)31-18-32-27(25)34(23)20-15-16-33(17-20)28(35)37-29(2,3)4/h6-14,18,20H,5,15-17H2,1-4H3,(H2,30,31,32). The van der Waals surface area contributed by atoms with Gasteiger partial charge in [-0.25, -0.2) is 14.8 Å². The average Bonchev–Trinajstić information content (AvgIpc) is 3.47. The van der Waals surface area contributed by atoms with Crippen molar-refractivity contribution in [1.82, 2.24) is 19.4 Å². The maximum Gasteiger partial charge on any atom is 0.410 e. The lowest BCUT2D eigenvalue weighted by Crippen LogP contribution is -2.35. The molecule has 2 N–H and O–H groups in total. The Bertz CT molecular complexity index is 1410. The van der Waals surface area contributed by atoms with E-state index in [1.54, 1.807) is 4.90 Å². The third-order valence-electron chi connectivity index (χ3n) is 6.55. The fraction of sp³-hybridized carbons (Fsp3) is 0.345. The van der Waals surface area contributed by atoms with Crippen LogP contribution < -0.4 is 10.5 Å². The zero-order valence-corrected chi connectivity index (χ0v) is 21.8. The van der Waals surface area contributed by atoms with Gasteiger partial charge in [-0.3, -0.25) is 0 Å². The highest BCUT2D eigenvalue weighted by Crippen LogP contribution is 2.41. The Hall–Kier alpha value is -4.07. The molecule has 0 aliphatic carbocycles. The molecule has 1 fully saturated rings. The van der Waals surface area contributed by atoms with E-state index in [9.17, 15) is 4.79 Å². The summed E-state index contributed by atoms with van der Waals surface area (Å²) in [7, 11) is 0. The second kappa shape index (κ2) is 9.76. The monoisotopic (exact) mass is 499 g/mol. The number of nitrogen functional groups attached to an aromatic ring is 1. The predicted octanol–water partition coefficient (Wildman–Crippen LogP) is 6.22. The largest absolute Gasteiger partial charge is 0.457 e. The van der Waals surface area contributed by atoms with E-state index in [0.29, 0.717) is 18.9 Å². The molecule has 1 atom stereocenters. The van der Waals surface area contributed by atoms with Gasteiger partial charge in [0.15, 0.2) is 0 Å². The highest BCUT2D eigenvalue weighted by atomic mass is 16.6. The summed E-state index contributed by atoms with van der Waals surface area (Å²) in [4.78, 5) is 23.5. The number of carbonyl (C=O) groups excluding carboxylic acids is 1. The quantitative estimate of drug-likeness (QED) is 0.350. The van der Waals surface area contributed by atoms with Crippen LogP contribution in [0, 0.1) is 0 Å². The third kappa shape index (κ3) is 4.96. The number of nitrogens with two attached hydrogens (primary N) is 1. The molecule has 1 aliphatic rings. The van der Waals surface area contributed by atoms with Crippen LogP contribution in [-0.4, -0.2) is 44.2 Å². The van der Waals surface area contributed by atoms with E-state index in [-0.39, 0.29) is 12.1 Å². The SMILES string of the molecule is CCc1c(-c2ccc(Oc3ccccc3)cc2)c2c(N)ncnc2n1C1CCN(C(=O)OC(C)(C)C)C1. The Kier molecular flexibility index (Phi) is 6.50. The summed E-state index contributed by atoms with van der Waals surface area (Å²) in [5, 5.41) is 0.840. The van der Waals surface area contributed by atoms with Gasteiger partial charge in [0.1, 0.15) is 34.9 Å². The molecule has 0 spiro atoms. The zero-order valence-electron chi connectivity index (χ0n) is 21.8. The number of carbonyl (C=O) groups is 1. The minimum Gasteiger partial charge on any atom is -0.457 e. The summed E-state index contributed by atoms with van der Waals surface area (Å²) >= 11 is 0. The van der Waals surface area contributed by atoms with Crippen LogP contribution >= 0.6 is 0 Å². The number of likely N-dealkylation sites (tertiary alicyclic amines) is 1. The molecule has 8 heteroatoms. The summed E-state index contributed by atoms with van der Waals surface area (Å²) in [6, 6.07) is 17.8. The van der Waals surface area contributed by atoms with Gasteiger partial charge in [0.05, 0.1) is 11.4 Å². The molecule has 8 nitrogen and oxygen atoms in total. The number of hydrogen-bond donors (Lipinski definition) is 1. The topological polar surface area (TPSA) is 95.5 Å². The number of nitrogens with zero attached hydrogens (tertiary/aromatic N) is 4. The smallest absolute Gasteiger partial charge is 0.410 e. The number of aromatic nitrogens is 3. The molecule has 0 bridgehead atoms. The summed E-state index contributed by atoms with van der Waals surface area (Å²) in [6.07, 6.45) is 2.81. The van der Waals surface area contributed by atoms with E-state index in [4.69, 9.17) is 15.2 Å². The zero-order chi connectivity index (χ0) is 26.2. The number of hydrogen-bond acceptors (Lipinski definition) is 6. The van der Waals surface area contributed by atoms with Crippen LogP contribution in [0.2, 0.25) is 0 Å². The molecular weight excluding hydrogens is 466 g/mol. The van der Waals surface area contributed by atoms with E-state index in [0.717, 1.165) is 52.2 Å². The highest BCUT2D eigenvalue weighted by molar-refractivity contribution is 6.02. The number of anilines is 1. The number of para-hydroxylation sites is 1. The summed E-state index contributed by atoms with van der Waals surface area (Å²) in [6.45, 7) is 8.97. The van der Waals surface area contributed by atoms with Gasteiger partial charge < -0.3 is 24.7 Å². The van der Waals surface area contributed by atoms with Crippen molar-refractivity contribution in [3.63, 3.8) is 0 Å². The summed E-state index contributed by atoms with van der Waals surface area (Å²) in [5.74, 6) is 1.99. The molecule has 0 saturated carbocycles. The molecule has 1 unspecified atom stereocenters. The lowest BCUT2D eigenvalue weighted by molar-refractivity contribution is 0.0289. The van der Waals surface area contributed by atoms with Crippen LogP contribution in [0.4, 0.5) is 10.6 Å². The van der Waals surface area contributed by atoms with Crippen molar-refractivity contribution in [2.24, 2.45) is 0 Å². The second-order valence-electron chi connectivity index (χ2n) is 10.3. The molecule has 3 heterocycles. The minimum atomic E-state index is -0.533. The van der Waals surface area contributed by atoms with E-state index >= 15 is 0 Å². The molecule has 4 aromatic rings. The first kappa shape index (κ1) is 24.6. The molecule has 1 amide bonds. The number of amides is 1. The van der Waals surface area contributed by atoms with E-state index < -0.39 is 5.60 Å². The van der Waals surface area contributed by atoms with Crippen LogP contribution in [0.15, 0.2) is 60.9 Å². The van der Waals surface area contributed by atoms with E-state index in [1.165, 1.54) is 6.33 Å². The van der Waals surface area contributed by atoms with Gasteiger partial charge in [-0.2, -0.15) is 0 Å².